The van der Waals surface area contributed by atoms with Crippen molar-refractivity contribution in [1.82, 2.24) is 14.8 Å². The minimum atomic E-state index is -0.507. The summed E-state index contributed by atoms with van der Waals surface area (Å²) >= 11 is 0. The highest BCUT2D eigenvalue weighted by Crippen LogP contribution is 2.16. The lowest BCUT2D eigenvalue weighted by Crippen LogP contribution is -2.40. The first-order valence-corrected chi connectivity index (χ1v) is 9.41. The molecule has 29 heavy (non-hydrogen) atoms. The van der Waals surface area contributed by atoms with Crippen molar-refractivity contribution in [2.24, 2.45) is 0 Å². The molecule has 0 atom stereocenters. The summed E-state index contributed by atoms with van der Waals surface area (Å²) in [5, 5.41) is 3.51. The summed E-state index contributed by atoms with van der Waals surface area (Å²) < 4.78 is 13.9. The van der Waals surface area contributed by atoms with Crippen LogP contribution in [0.1, 0.15) is 11.1 Å². The molecule has 3 aromatic rings. The molecule has 0 fully saturated rings. The van der Waals surface area contributed by atoms with E-state index in [-0.39, 0.29) is 17.8 Å². The molecule has 0 saturated heterocycles. The fourth-order valence-electron chi connectivity index (χ4n) is 3.02. The average molecular weight is 396 g/mol. The summed E-state index contributed by atoms with van der Waals surface area (Å²) in [5.41, 5.74) is 2.17. The van der Waals surface area contributed by atoms with Crippen LogP contribution in [0, 0.1) is 12.7 Å². The number of carbonyl (C=O) groups is 1. The van der Waals surface area contributed by atoms with E-state index in [2.05, 4.69) is 10.3 Å². The number of nitrogens with zero attached hydrogens (tertiary/aromatic N) is 2. The third kappa shape index (κ3) is 5.20. The number of aryl methyl sites for hydroxylation is 1. The average Bonchev–Trinajstić information content (AvgIpc) is 2.67. The maximum absolute atomic E-state index is 13.9. The number of pyridine rings is 1. The Balaban J connectivity index is 1.87. The Morgan fingerprint density at radius 2 is 1.86 bits per heavy atom. The SMILES string of the molecule is Cc1ccc2[nH]c(=O)c(CN(CCN(C)C)C(=O)Nc3ccccc3F)cc2c1. The van der Waals surface area contributed by atoms with Gasteiger partial charge in [-0.1, -0.05) is 23.8 Å². The number of aromatic amines is 1. The highest BCUT2D eigenvalue weighted by Gasteiger charge is 2.18. The molecule has 1 heterocycles. The van der Waals surface area contributed by atoms with Crippen LogP contribution >= 0.6 is 0 Å². The number of H-pyrrole nitrogens is 1. The predicted molar refractivity (Wildman–Crippen MR) is 114 cm³/mol. The first-order chi connectivity index (χ1) is 13.8. The van der Waals surface area contributed by atoms with Gasteiger partial charge < -0.3 is 20.1 Å². The Kier molecular flexibility index (Phi) is 6.29. The van der Waals surface area contributed by atoms with Crippen molar-refractivity contribution in [3.8, 4) is 0 Å². The number of anilines is 1. The first-order valence-electron chi connectivity index (χ1n) is 9.41. The number of rotatable bonds is 6. The van der Waals surface area contributed by atoms with Gasteiger partial charge in [0.1, 0.15) is 5.82 Å². The van der Waals surface area contributed by atoms with Crippen LogP contribution in [0.5, 0.6) is 0 Å². The van der Waals surface area contributed by atoms with Crippen LogP contribution in [0.2, 0.25) is 0 Å². The maximum atomic E-state index is 13.9. The van der Waals surface area contributed by atoms with Crippen molar-refractivity contribution in [3.63, 3.8) is 0 Å². The van der Waals surface area contributed by atoms with Crippen LogP contribution < -0.4 is 10.9 Å². The molecule has 0 bridgehead atoms. The quantitative estimate of drug-likeness (QED) is 0.669. The van der Waals surface area contributed by atoms with E-state index in [1.54, 1.807) is 18.2 Å². The second kappa shape index (κ2) is 8.87. The van der Waals surface area contributed by atoms with E-state index in [0.717, 1.165) is 16.5 Å². The molecule has 7 heteroatoms. The summed E-state index contributed by atoms with van der Waals surface area (Å²) in [7, 11) is 3.80. The molecule has 0 radical (unpaired) electrons. The van der Waals surface area contributed by atoms with Gasteiger partial charge in [-0.15, -0.1) is 0 Å². The largest absolute Gasteiger partial charge is 0.322 e. The van der Waals surface area contributed by atoms with E-state index in [4.69, 9.17) is 0 Å². The maximum Gasteiger partial charge on any atom is 0.322 e. The van der Waals surface area contributed by atoms with E-state index in [1.165, 1.54) is 17.0 Å². The summed E-state index contributed by atoms with van der Waals surface area (Å²) in [5.74, 6) is -0.507. The monoisotopic (exact) mass is 396 g/mol. The molecule has 2 N–H and O–H groups in total. The van der Waals surface area contributed by atoms with Gasteiger partial charge in [-0.25, -0.2) is 9.18 Å². The zero-order valence-corrected chi connectivity index (χ0v) is 16.8. The molecule has 0 aliphatic heterocycles. The number of amides is 2. The smallest absolute Gasteiger partial charge is 0.322 e. The topological polar surface area (TPSA) is 68.4 Å². The van der Waals surface area contributed by atoms with Crippen molar-refractivity contribution >= 4 is 22.6 Å². The van der Waals surface area contributed by atoms with Gasteiger partial charge in [-0.3, -0.25) is 4.79 Å². The molecule has 2 aromatic carbocycles. The van der Waals surface area contributed by atoms with Crippen molar-refractivity contribution in [1.29, 1.82) is 0 Å². The molecular weight excluding hydrogens is 371 g/mol. The highest BCUT2D eigenvalue weighted by atomic mass is 19.1. The number of carbonyl (C=O) groups excluding carboxylic acids is 1. The lowest BCUT2D eigenvalue weighted by atomic mass is 10.1. The number of urea groups is 1. The zero-order valence-electron chi connectivity index (χ0n) is 16.8. The van der Waals surface area contributed by atoms with Crippen molar-refractivity contribution in [3.05, 3.63) is 75.8 Å². The number of nitrogens with one attached hydrogen (secondary N) is 2. The molecule has 6 nitrogen and oxygen atoms in total. The second-order valence-electron chi connectivity index (χ2n) is 7.35. The summed E-state index contributed by atoms with van der Waals surface area (Å²) in [6.45, 7) is 3.09. The van der Waals surface area contributed by atoms with E-state index >= 15 is 0 Å². The van der Waals surface area contributed by atoms with Gasteiger partial charge in [-0.2, -0.15) is 0 Å². The van der Waals surface area contributed by atoms with E-state index in [0.29, 0.717) is 18.7 Å². The fourth-order valence-corrected chi connectivity index (χ4v) is 3.02. The number of hydrogen-bond donors (Lipinski definition) is 2. The zero-order chi connectivity index (χ0) is 21.0. The van der Waals surface area contributed by atoms with Crippen LogP contribution in [-0.2, 0) is 6.54 Å². The van der Waals surface area contributed by atoms with Gasteiger partial charge in [-0.05, 0) is 56.7 Å². The normalized spacial score (nSPS) is 11.1. The second-order valence-corrected chi connectivity index (χ2v) is 7.35. The van der Waals surface area contributed by atoms with Gasteiger partial charge in [0.05, 0.1) is 12.2 Å². The standard InChI is InChI=1S/C22H25FN4O2/c1-15-8-9-19-16(12-15)13-17(21(28)24-19)14-27(11-10-26(2)3)22(29)25-20-7-5-4-6-18(20)23/h4-9,12-13H,10-11,14H2,1-3H3,(H,24,28)(H,25,29). The third-order valence-corrected chi connectivity index (χ3v) is 4.66. The Morgan fingerprint density at radius 3 is 2.59 bits per heavy atom. The molecule has 0 aliphatic rings. The Morgan fingerprint density at radius 1 is 1.10 bits per heavy atom. The van der Waals surface area contributed by atoms with E-state index in [9.17, 15) is 14.0 Å². The summed E-state index contributed by atoms with van der Waals surface area (Å²) in [6.07, 6.45) is 0. The molecule has 152 valence electrons. The Hall–Kier alpha value is -3.19. The molecule has 1 aromatic heterocycles. The number of likely N-dealkylation sites (N-methyl/N-ethyl adjacent to an activating group) is 1. The van der Waals surface area contributed by atoms with Crippen LogP contribution in [-0.4, -0.2) is 48.0 Å². The lowest BCUT2D eigenvalue weighted by molar-refractivity contribution is 0.202. The first kappa shape index (κ1) is 20.5. The van der Waals surface area contributed by atoms with Gasteiger partial charge in [0.15, 0.2) is 0 Å². The van der Waals surface area contributed by atoms with Crippen molar-refractivity contribution in [2.45, 2.75) is 13.5 Å². The molecule has 2 amide bonds. The van der Waals surface area contributed by atoms with Crippen LogP contribution in [0.15, 0.2) is 53.3 Å². The Bertz CT molecular complexity index is 1080. The van der Waals surface area contributed by atoms with Gasteiger partial charge in [0, 0.05) is 24.2 Å². The molecule has 3 rings (SSSR count). The van der Waals surface area contributed by atoms with Crippen molar-refractivity contribution in [2.75, 3.05) is 32.5 Å². The number of halogens is 1. The molecule has 0 unspecified atom stereocenters. The number of fused-ring (bicyclic) bond motifs is 1. The lowest BCUT2D eigenvalue weighted by Gasteiger charge is -2.25. The number of aromatic nitrogens is 1. The molecular formula is C22H25FN4O2. The summed E-state index contributed by atoms with van der Waals surface area (Å²) in [6, 6.07) is 13.1. The van der Waals surface area contributed by atoms with Gasteiger partial charge >= 0.3 is 6.03 Å². The van der Waals surface area contributed by atoms with Crippen LogP contribution in [0.25, 0.3) is 10.9 Å². The molecule has 0 spiro atoms. The van der Waals surface area contributed by atoms with Crippen molar-refractivity contribution < 1.29 is 9.18 Å². The number of benzene rings is 2. The van der Waals surface area contributed by atoms with E-state index in [1.807, 2.05) is 44.1 Å². The van der Waals surface area contributed by atoms with Gasteiger partial charge in [0.2, 0.25) is 0 Å². The highest BCUT2D eigenvalue weighted by molar-refractivity contribution is 5.89. The fraction of sp³-hybridized carbons (Fsp3) is 0.273. The minimum Gasteiger partial charge on any atom is -0.322 e. The predicted octanol–water partition coefficient (Wildman–Crippen LogP) is 3.57. The molecule has 0 aliphatic carbocycles. The van der Waals surface area contributed by atoms with Crippen LogP contribution in [0.4, 0.5) is 14.9 Å². The van der Waals surface area contributed by atoms with E-state index < -0.39 is 11.8 Å². The third-order valence-electron chi connectivity index (χ3n) is 4.66. The summed E-state index contributed by atoms with van der Waals surface area (Å²) in [4.78, 5) is 31.7. The minimum absolute atomic E-state index is 0.107. The molecule has 0 saturated carbocycles. The Labute approximate surface area is 169 Å². The van der Waals surface area contributed by atoms with Gasteiger partial charge in [0.25, 0.3) is 5.56 Å². The number of para-hydroxylation sites is 1. The number of hydrogen-bond acceptors (Lipinski definition) is 3. The van der Waals surface area contributed by atoms with Crippen LogP contribution in [0.3, 0.4) is 0 Å².